The number of nitrogens with zero attached hydrogens (tertiary/aromatic N) is 4. The van der Waals surface area contributed by atoms with Crippen LogP contribution in [0.25, 0.3) is 10.9 Å². The van der Waals surface area contributed by atoms with E-state index < -0.39 is 4.92 Å². The standard InChI is InChI=1S/C24H21BrN6O4/c1-14-2-7-17-18(12-14)27-21(22(32)15-3-5-16(25)6-4-15)20(17)28-23-19(31(33)34)13-26-24(29-23)30-8-10-35-11-9-30/h2-7,12-13,27H,8-11H2,1H3,(H,26,28,29). The van der Waals surface area contributed by atoms with Gasteiger partial charge in [-0.05, 0) is 42.8 Å². The van der Waals surface area contributed by atoms with Crippen molar-refractivity contribution in [3.8, 4) is 0 Å². The summed E-state index contributed by atoms with van der Waals surface area (Å²) in [6.07, 6.45) is 1.19. The molecule has 1 aliphatic rings. The number of nitrogens with one attached hydrogen (secondary N) is 2. The van der Waals surface area contributed by atoms with Crippen molar-refractivity contribution in [2.24, 2.45) is 0 Å². The molecular weight excluding hydrogens is 516 g/mol. The van der Waals surface area contributed by atoms with Crippen molar-refractivity contribution >= 4 is 55.8 Å². The highest BCUT2D eigenvalue weighted by Gasteiger charge is 2.25. The Labute approximate surface area is 208 Å². The number of fused-ring (bicyclic) bond motifs is 1. The summed E-state index contributed by atoms with van der Waals surface area (Å²) in [6, 6.07) is 12.7. The number of morpholine rings is 1. The molecule has 0 unspecified atom stereocenters. The fraction of sp³-hybridized carbons (Fsp3) is 0.208. The number of halogens is 1. The predicted octanol–water partition coefficient (Wildman–Crippen LogP) is 4.75. The van der Waals surface area contributed by atoms with Gasteiger partial charge in [-0.1, -0.05) is 28.1 Å². The Morgan fingerprint density at radius 3 is 2.66 bits per heavy atom. The number of ketones is 1. The molecule has 1 aliphatic heterocycles. The van der Waals surface area contributed by atoms with Gasteiger partial charge in [-0.2, -0.15) is 4.98 Å². The molecule has 3 heterocycles. The SMILES string of the molecule is Cc1ccc2c(Nc3nc(N4CCOCC4)ncc3[N+](=O)[O-])c(C(=O)c3ccc(Br)cc3)[nH]c2c1. The summed E-state index contributed by atoms with van der Waals surface area (Å²) in [4.78, 5) is 38.5. The number of H-pyrrole nitrogens is 1. The average Bonchev–Trinajstić information content (AvgIpc) is 3.21. The number of nitro groups is 1. The number of aryl methyl sites for hydroxylation is 1. The smallest absolute Gasteiger partial charge is 0.329 e. The highest BCUT2D eigenvalue weighted by Crippen LogP contribution is 2.35. The molecule has 0 amide bonds. The van der Waals surface area contributed by atoms with E-state index in [2.05, 4.69) is 36.2 Å². The number of ether oxygens (including phenoxy) is 1. The van der Waals surface area contributed by atoms with Crippen LogP contribution in [-0.4, -0.2) is 52.0 Å². The van der Waals surface area contributed by atoms with E-state index in [-0.39, 0.29) is 23.0 Å². The molecule has 2 aromatic carbocycles. The van der Waals surface area contributed by atoms with Crippen LogP contribution in [0.3, 0.4) is 0 Å². The number of benzene rings is 2. The quantitative estimate of drug-likeness (QED) is 0.205. The minimum Gasteiger partial charge on any atom is -0.378 e. The average molecular weight is 537 g/mol. The Hall–Kier alpha value is -3.83. The third-order valence-corrected chi connectivity index (χ3v) is 6.31. The third-order valence-electron chi connectivity index (χ3n) is 5.78. The van der Waals surface area contributed by atoms with Crippen LogP contribution >= 0.6 is 15.9 Å². The van der Waals surface area contributed by atoms with Gasteiger partial charge < -0.3 is 19.9 Å². The second-order valence-corrected chi connectivity index (χ2v) is 9.06. The summed E-state index contributed by atoms with van der Waals surface area (Å²) >= 11 is 3.39. The van der Waals surface area contributed by atoms with E-state index in [4.69, 9.17) is 4.74 Å². The maximum Gasteiger partial charge on any atom is 0.329 e. The summed E-state index contributed by atoms with van der Waals surface area (Å²) in [7, 11) is 0. The molecule has 10 nitrogen and oxygen atoms in total. The molecule has 2 aromatic heterocycles. The summed E-state index contributed by atoms with van der Waals surface area (Å²) in [5.41, 5.74) is 2.64. The van der Waals surface area contributed by atoms with E-state index >= 15 is 0 Å². The summed E-state index contributed by atoms with van der Waals surface area (Å²) in [5, 5.41) is 15.6. The number of anilines is 3. The van der Waals surface area contributed by atoms with Gasteiger partial charge >= 0.3 is 5.69 Å². The van der Waals surface area contributed by atoms with E-state index in [1.807, 2.05) is 30.0 Å². The van der Waals surface area contributed by atoms with Crippen LogP contribution in [-0.2, 0) is 4.74 Å². The Kier molecular flexibility index (Phi) is 6.18. The second kappa shape index (κ2) is 9.43. The number of aromatic nitrogens is 3. The molecule has 4 aromatic rings. The van der Waals surface area contributed by atoms with Crippen LogP contribution < -0.4 is 10.2 Å². The Morgan fingerprint density at radius 2 is 1.94 bits per heavy atom. The van der Waals surface area contributed by atoms with Crippen molar-refractivity contribution < 1.29 is 14.5 Å². The van der Waals surface area contributed by atoms with Crippen molar-refractivity contribution in [3.63, 3.8) is 0 Å². The number of carbonyl (C=O) groups is 1. The predicted molar refractivity (Wildman–Crippen MR) is 136 cm³/mol. The lowest BCUT2D eigenvalue weighted by Gasteiger charge is -2.26. The third kappa shape index (κ3) is 4.60. The van der Waals surface area contributed by atoms with Crippen molar-refractivity contribution in [2.45, 2.75) is 6.92 Å². The van der Waals surface area contributed by atoms with Gasteiger partial charge in [0.15, 0.2) is 0 Å². The van der Waals surface area contributed by atoms with E-state index in [0.29, 0.717) is 43.5 Å². The van der Waals surface area contributed by atoms with E-state index in [9.17, 15) is 14.9 Å². The molecule has 11 heteroatoms. The molecule has 0 atom stereocenters. The zero-order chi connectivity index (χ0) is 24.5. The van der Waals surface area contributed by atoms with Gasteiger partial charge in [0.25, 0.3) is 0 Å². The van der Waals surface area contributed by atoms with Gasteiger partial charge in [-0.15, -0.1) is 0 Å². The fourth-order valence-corrected chi connectivity index (χ4v) is 4.25. The molecule has 178 valence electrons. The van der Waals surface area contributed by atoms with Crippen LogP contribution in [0.4, 0.5) is 23.1 Å². The van der Waals surface area contributed by atoms with Crippen molar-refractivity contribution in [2.75, 3.05) is 36.5 Å². The van der Waals surface area contributed by atoms with E-state index in [1.54, 1.807) is 24.3 Å². The molecule has 35 heavy (non-hydrogen) atoms. The molecule has 0 radical (unpaired) electrons. The van der Waals surface area contributed by atoms with Crippen LogP contribution in [0.1, 0.15) is 21.6 Å². The summed E-state index contributed by atoms with van der Waals surface area (Å²) in [5.74, 6) is 0.120. The first-order valence-corrected chi connectivity index (χ1v) is 11.7. The van der Waals surface area contributed by atoms with Crippen LogP contribution in [0, 0.1) is 17.0 Å². The first-order valence-electron chi connectivity index (χ1n) is 10.9. The van der Waals surface area contributed by atoms with Crippen LogP contribution in [0.2, 0.25) is 0 Å². The minimum absolute atomic E-state index is 0.0119. The van der Waals surface area contributed by atoms with Crippen LogP contribution in [0.5, 0.6) is 0 Å². The molecule has 0 aliphatic carbocycles. The zero-order valence-electron chi connectivity index (χ0n) is 18.7. The van der Waals surface area contributed by atoms with Gasteiger partial charge in [0.1, 0.15) is 11.9 Å². The lowest BCUT2D eigenvalue weighted by Crippen LogP contribution is -2.37. The second-order valence-electron chi connectivity index (χ2n) is 8.15. The van der Waals surface area contributed by atoms with Crippen LogP contribution in [0.15, 0.2) is 53.1 Å². The molecule has 1 saturated heterocycles. The molecule has 0 spiro atoms. The van der Waals surface area contributed by atoms with E-state index in [1.165, 1.54) is 6.20 Å². The molecule has 1 fully saturated rings. The first kappa shape index (κ1) is 22.9. The Morgan fingerprint density at radius 1 is 1.20 bits per heavy atom. The van der Waals surface area contributed by atoms with Gasteiger partial charge in [-0.25, -0.2) is 4.98 Å². The van der Waals surface area contributed by atoms with Gasteiger partial charge in [0.05, 0.1) is 23.8 Å². The number of hydrogen-bond acceptors (Lipinski definition) is 8. The molecular formula is C24H21BrN6O4. The van der Waals surface area contributed by atoms with Gasteiger partial charge in [0, 0.05) is 34.0 Å². The molecule has 2 N–H and O–H groups in total. The van der Waals surface area contributed by atoms with E-state index in [0.717, 1.165) is 20.9 Å². The highest BCUT2D eigenvalue weighted by atomic mass is 79.9. The molecule has 0 saturated carbocycles. The van der Waals surface area contributed by atoms with Gasteiger partial charge in [-0.3, -0.25) is 14.9 Å². The summed E-state index contributed by atoms with van der Waals surface area (Å²) in [6.45, 7) is 4.16. The number of hydrogen-bond donors (Lipinski definition) is 2. The number of carbonyl (C=O) groups excluding carboxylic acids is 1. The molecule has 0 bridgehead atoms. The zero-order valence-corrected chi connectivity index (χ0v) is 20.3. The Bertz CT molecular complexity index is 1430. The lowest BCUT2D eigenvalue weighted by atomic mass is 10.1. The summed E-state index contributed by atoms with van der Waals surface area (Å²) < 4.78 is 6.24. The topological polar surface area (TPSA) is 126 Å². The van der Waals surface area contributed by atoms with Crippen molar-refractivity contribution in [1.82, 2.24) is 15.0 Å². The maximum absolute atomic E-state index is 13.5. The maximum atomic E-state index is 13.5. The first-order chi connectivity index (χ1) is 16.9. The highest BCUT2D eigenvalue weighted by molar-refractivity contribution is 9.10. The fourth-order valence-electron chi connectivity index (χ4n) is 3.98. The largest absolute Gasteiger partial charge is 0.378 e. The monoisotopic (exact) mass is 536 g/mol. The van der Waals surface area contributed by atoms with Crippen molar-refractivity contribution in [3.05, 3.63) is 80.1 Å². The lowest BCUT2D eigenvalue weighted by molar-refractivity contribution is -0.384. The van der Waals surface area contributed by atoms with Gasteiger partial charge in [0.2, 0.25) is 17.5 Å². The van der Waals surface area contributed by atoms with Crippen molar-refractivity contribution in [1.29, 1.82) is 0 Å². The number of aromatic amines is 1. The molecule has 5 rings (SSSR count). The number of rotatable bonds is 6. The Balaban J connectivity index is 1.62. The normalized spacial score (nSPS) is 13.7. The minimum atomic E-state index is -0.541.